The molecular formula is C16H23FN2O2. The second kappa shape index (κ2) is 7.41. The van der Waals surface area contributed by atoms with Gasteiger partial charge in [-0.2, -0.15) is 0 Å². The molecule has 0 aromatic heterocycles. The summed E-state index contributed by atoms with van der Waals surface area (Å²) in [5.41, 5.74) is 5.87. The van der Waals surface area contributed by atoms with Gasteiger partial charge in [-0.3, -0.25) is 4.79 Å². The number of nitrogens with zero attached hydrogens (tertiary/aromatic N) is 1. The predicted molar refractivity (Wildman–Crippen MR) is 79.5 cm³/mol. The highest BCUT2D eigenvalue weighted by atomic mass is 19.1. The van der Waals surface area contributed by atoms with Crippen LogP contribution in [0.1, 0.15) is 32.6 Å². The molecule has 1 heterocycles. The van der Waals surface area contributed by atoms with Crippen LogP contribution in [0, 0.1) is 5.82 Å². The molecule has 0 aliphatic carbocycles. The van der Waals surface area contributed by atoms with E-state index in [1.54, 1.807) is 12.1 Å². The fourth-order valence-electron chi connectivity index (χ4n) is 2.57. The number of ether oxygens (including phenoxy) is 1. The Bertz CT molecular complexity index is 456. The largest absolute Gasteiger partial charge is 0.490 e. The molecule has 0 saturated carbocycles. The fourth-order valence-corrected chi connectivity index (χ4v) is 2.57. The van der Waals surface area contributed by atoms with Crippen LogP contribution >= 0.6 is 0 Å². The standard InChI is InChI=1S/C16H23FN2O2/c1-2-3-15(18)16(20)19-10-8-14(9-11-19)21-13-6-4-12(17)5-7-13/h4-7,14-15H,2-3,8-11,18H2,1H3. The molecule has 0 spiro atoms. The van der Waals surface area contributed by atoms with E-state index >= 15 is 0 Å². The van der Waals surface area contributed by atoms with E-state index in [4.69, 9.17) is 10.5 Å². The van der Waals surface area contributed by atoms with Crippen LogP contribution in [0.2, 0.25) is 0 Å². The minimum absolute atomic E-state index is 0.0390. The van der Waals surface area contributed by atoms with E-state index in [2.05, 4.69) is 0 Å². The van der Waals surface area contributed by atoms with Gasteiger partial charge in [-0.05, 0) is 30.7 Å². The molecule has 2 N–H and O–H groups in total. The van der Waals surface area contributed by atoms with E-state index in [9.17, 15) is 9.18 Å². The first-order valence-corrected chi connectivity index (χ1v) is 7.56. The van der Waals surface area contributed by atoms with E-state index in [1.807, 2.05) is 11.8 Å². The molecule has 4 nitrogen and oxygen atoms in total. The molecule has 1 aliphatic rings. The van der Waals surface area contributed by atoms with Gasteiger partial charge in [0.05, 0.1) is 6.04 Å². The first-order valence-electron chi connectivity index (χ1n) is 7.56. The van der Waals surface area contributed by atoms with E-state index in [0.717, 1.165) is 25.7 Å². The maximum absolute atomic E-state index is 12.8. The Kier molecular flexibility index (Phi) is 5.56. The van der Waals surface area contributed by atoms with Crippen LogP contribution in [-0.4, -0.2) is 36.0 Å². The topological polar surface area (TPSA) is 55.6 Å². The number of carbonyl (C=O) groups excluding carboxylic acids is 1. The van der Waals surface area contributed by atoms with Crippen LogP contribution in [0.25, 0.3) is 0 Å². The zero-order chi connectivity index (χ0) is 15.2. The zero-order valence-corrected chi connectivity index (χ0v) is 12.4. The number of amides is 1. The summed E-state index contributed by atoms with van der Waals surface area (Å²) in [7, 11) is 0. The lowest BCUT2D eigenvalue weighted by molar-refractivity contribution is -0.134. The van der Waals surface area contributed by atoms with E-state index in [-0.39, 0.29) is 23.9 Å². The van der Waals surface area contributed by atoms with Gasteiger partial charge >= 0.3 is 0 Å². The van der Waals surface area contributed by atoms with Crippen molar-refractivity contribution in [1.29, 1.82) is 0 Å². The van der Waals surface area contributed by atoms with Gasteiger partial charge in [-0.25, -0.2) is 4.39 Å². The van der Waals surface area contributed by atoms with Gasteiger partial charge < -0.3 is 15.4 Å². The monoisotopic (exact) mass is 294 g/mol. The van der Waals surface area contributed by atoms with E-state index in [1.165, 1.54) is 12.1 Å². The molecule has 1 fully saturated rings. The number of carbonyl (C=O) groups is 1. The maximum Gasteiger partial charge on any atom is 0.239 e. The molecule has 1 atom stereocenters. The number of rotatable bonds is 5. The Morgan fingerprint density at radius 1 is 1.38 bits per heavy atom. The first-order chi connectivity index (χ1) is 10.1. The van der Waals surface area contributed by atoms with Gasteiger partial charge in [0, 0.05) is 25.9 Å². The predicted octanol–water partition coefficient (Wildman–Crippen LogP) is 2.32. The summed E-state index contributed by atoms with van der Waals surface area (Å²) in [5.74, 6) is 0.439. The van der Waals surface area contributed by atoms with Crippen LogP contribution in [0.3, 0.4) is 0 Å². The molecule has 1 unspecified atom stereocenters. The van der Waals surface area contributed by atoms with Gasteiger partial charge in [-0.1, -0.05) is 13.3 Å². The third-order valence-corrected chi connectivity index (χ3v) is 3.79. The SMILES string of the molecule is CCCC(N)C(=O)N1CCC(Oc2ccc(F)cc2)CC1. The molecule has 1 saturated heterocycles. The van der Waals surface area contributed by atoms with E-state index < -0.39 is 0 Å². The van der Waals surface area contributed by atoms with E-state index in [0.29, 0.717) is 18.8 Å². The highest BCUT2D eigenvalue weighted by Gasteiger charge is 2.26. The summed E-state index contributed by atoms with van der Waals surface area (Å²) in [6.45, 7) is 3.36. The van der Waals surface area contributed by atoms with Crippen molar-refractivity contribution >= 4 is 5.91 Å². The van der Waals surface area contributed by atoms with Gasteiger partial charge in [0.15, 0.2) is 0 Å². The molecule has 1 aromatic carbocycles. The van der Waals surface area contributed by atoms with Crippen molar-refractivity contribution in [3.05, 3.63) is 30.1 Å². The van der Waals surface area contributed by atoms with Crippen molar-refractivity contribution in [3.63, 3.8) is 0 Å². The fraction of sp³-hybridized carbons (Fsp3) is 0.562. The number of likely N-dealkylation sites (tertiary alicyclic amines) is 1. The molecule has 0 radical (unpaired) electrons. The molecule has 1 aromatic rings. The summed E-state index contributed by atoms with van der Waals surface area (Å²) in [5, 5.41) is 0. The average Bonchev–Trinajstić information content (AvgIpc) is 2.50. The normalized spacial score (nSPS) is 17.6. The highest BCUT2D eigenvalue weighted by molar-refractivity contribution is 5.81. The Morgan fingerprint density at radius 3 is 2.57 bits per heavy atom. The third-order valence-electron chi connectivity index (χ3n) is 3.79. The van der Waals surface area contributed by atoms with Crippen molar-refractivity contribution in [1.82, 2.24) is 4.90 Å². The second-order valence-electron chi connectivity index (χ2n) is 5.49. The van der Waals surface area contributed by atoms with Crippen LogP contribution in [0.4, 0.5) is 4.39 Å². The van der Waals surface area contributed by atoms with Crippen LogP contribution in [0.5, 0.6) is 5.75 Å². The summed E-state index contributed by atoms with van der Waals surface area (Å²) in [4.78, 5) is 13.9. The molecular weight excluding hydrogens is 271 g/mol. The number of nitrogens with two attached hydrogens (primary N) is 1. The molecule has 5 heteroatoms. The van der Waals surface area contributed by atoms with Crippen molar-refractivity contribution in [2.75, 3.05) is 13.1 Å². The van der Waals surface area contributed by atoms with Crippen LogP contribution in [0.15, 0.2) is 24.3 Å². The second-order valence-corrected chi connectivity index (χ2v) is 5.49. The number of halogens is 1. The van der Waals surface area contributed by atoms with Gasteiger partial charge in [0.1, 0.15) is 17.7 Å². The number of benzene rings is 1. The average molecular weight is 294 g/mol. The molecule has 21 heavy (non-hydrogen) atoms. The Morgan fingerprint density at radius 2 is 2.00 bits per heavy atom. The Hall–Kier alpha value is -1.62. The maximum atomic E-state index is 12.8. The van der Waals surface area contributed by atoms with Gasteiger partial charge in [0.25, 0.3) is 0 Å². The number of hydrogen-bond acceptors (Lipinski definition) is 3. The lowest BCUT2D eigenvalue weighted by Gasteiger charge is -2.33. The minimum atomic E-state index is -0.385. The highest BCUT2D eigenvalue weighted by Crippen LogP contribution is 2.20. The number of piperidine rings is 1. The molecule has 2 rings (SSSR count). The lowest BCUT2D eigenvalue weighted by Crippen LogP contribution is -2.48. The molecule has 0 bridgehead atoms. The van der Waals surface area contributed by atoms with Gasteiger partial charge in [-0.15, -0.1) is 0 Å². The molecule has 116 valence electrons. The lowest BCUT2D eigenvalue weighted by atomic mass is 10.1. The summed E-state index contributed by atoms with van der Waals surface area (Å²) < 4.78 is 18.6. The quantitative estimate of drug-likeness (QED) is 0.906. The summed E-state index contributed by atoms with van der Waals surface area (Å²) in [6.07, 6.45) is 3.27. The van der Waals surface area contributed by atoms with Crippen LogP contribution < -0.4 is 10.5 Å². The van der Waals surface area contributed by atoms with Crippen molar-refractivity contribution in [2.24, 2.45) is 5.73 Å². The minimum Gasteiger partial charge on any atom is -0.490 e. The Balaban J connectivity index is 1.80. The van der Waals surface area contributed by atoms with Crippen molar-refractivity contribution < 1.29 is 13.9 Å². The van der Waals surface area contributed by atoms with Crippen molar-refractivity contribution in [3.8, 4) is 5.75 Å². The van der Waals surface area contributed by atoms with Crippen LogP contribution in [-0.2, 0) is 4.79 Å². The van der Waals surface area contributed by atoms with Gasteiger partial charge in [0.2, 0.25) is 5.91 Å². The Labute approximate surface area is 125 Å². The third kappa shape index (κ3) is 4.43. The summed E-state index contributed by atoms with van der Waals surface area (Å²) >= 11 is 0. The first kappa shape index (κ1) is 15.8. The number of hydrogen-bond donors (Lipinski definition) is 1. The zero-order valence-electron chi connectivity index (χ0n) is 12.4. The van der Waals surface area contributed by atoms with Crippen molar-refractivity contribution in [2.45, 2.75) is 44.8 Å². The molecule has 1 aliphatic heterocycles. The molecule has 1 amide bonds. The smallest absolute Gasteiger partial charge is 0.239 e. The summed E-state index contributed by atoms with van der Waals surface area (Å²) in [6, 6.07) is 5.65.